The molecule has 8 heteroatoms. The van der Waals surface area contributed by atoms with Gasteiger partial charge in [0.15, 0.2) is 18.1 Å². The van der Waals surface area contributed by atoms with Crippen molar-refractivity contribution in [2.75, 3.05) is 32.3 Å². The molecule has 0 bridgehead atoms. The third-order valence-electron chi connectivity index (χ3n) is 4.82. The van der Waals surface area contributed by atoms with Crippen LogP contribution in [-0.4, -0.2) is 39.5 Å². The number of hydrogen-bond acceptors (Lipinski definition) is 5. The molecule has 3 rings (SSSR count). The number of rotatable bonds is 6. The predicted octanol–water partition coefficient (Wildman–Crippen LogP) is 4.30. The maximum absolute atomic E-state index is 12.4. The number of methoxy groups -OCH3 is 2. The fourth-order valence-electron chi connectivity index (χ4n) is 3.49. The highest BCUT2D eigenvalue weighted by atomic mass is 19.4. The SMILES string of the molecule is COC(=O)[C@@H]1CCN(Cc2ccc(OCC(F)(F)F)c(OC)c2)c2ccccc21. The molecule has 0 aliphatic carbocycles. The number of nitrogens with zero attached hydrogens (tertiary/aromatic N) is 1. The molecule has 0 aromatic heterocycles. The number of anilines is 1. The van der Waals surface area contributed by atoms with Crippen molar-refractivity contribution < 1.29 is 32.2 Å². The topological polar surface area (TPSA) is 48.0 Å². The zero-order valence-electron chi connectivity index (χ0n) is 16.2. The summed E-state index contributed by atoms with van der Waals surface area (Å²) in [6, 6.07) is 12.5. The van der Waals surface area contributed by atoms with Crippen molar-refractivity contribution in [2.24, 2.45) is 0 Å². The molecule has 1 aliphatic heterocycles. The number of hydrogen-bond donors (Lipinski definition) is 0. The third-order valence-corrected chi connectivity index (χ3v) is 4.82. The van der Waals surface area contributed by atoms with Crippen molar-refractivity contribution in [3.63, 3.8) is 0 Å². The predicted molar refractivity (Wildman–Crippen MR) is 101 cm³/mol. The van der Waals surface area contributed by atoms with Crippen LogP contribution in [0.25, 0.3) is 0 Å². The first-order valence-electron chi connectivity index (χ1n) is 9.10. The molecule has 0 saturated carbocycles. The third kappa shape index (κ3) is 4.93. The van der Waals surface area contributed by atoms with Crippen molar-refractivity contribution in [2.45, 2.75) is 25.1 Å². The number of halogens is 3. The molecule has 1 heterocycles. The smallest absolute Gasteiger partial charge is 0.422 e. The van der Waals surface area contributed by atoms with E-state index in [1.165, 1.54) is 20.3 Å². The fourth-order valence-corrected chi connectivity index (χ4v) is 3.49. The highest BCUT2D eigenvalue weighted by molar-refractivity contribution is 5.82. The standard InChI is InChI=1S/C21H22F3NO4/c1-27-19-11-14(7-8-18(19)29-13-21(22,23)24)12-25-10-9-16(20(26)28-2)15-5-3-4-6-17(15)25/h3-8,11,16H,9-10,12-13H2,1-2H3/t16-/m1/s1. The Kier molecular flexibility index (Phi) is 6.20. The molecule has 0 spiro atoms. The second-order valence-corrected chi connectivity index (χ2v) is 6.73. The van der Waals surface area contributed by atoms with E-state index in [-0.39, 0.29) is 23.4 Å². The monoisotopic (exact) mass is 409 g/mol. The molecule has 1 atom stereocenters. The van der Waals surface area contributed by atoms with E-state index in [1.54, 1.807) is 12.1 Å². The second-order valence-electron chi connectivity index (χ2n) is 6.73. The average molecular weight is 409 g/mol. The number of para-hydroxylation sites is 1. The number of carbonyl (C=O) groups is 1. The van der Waals surface area contributed by atoms with Crippen molar-refractivity contribution >= 4 is 11.7 Å². The number of ether oxygens (including phenoxy) is 3. The van der Waals surface area contributed by atoms with Gasteiger partial charge < -0.3 is 19.1 Å². The van der Waals surface area contributed by atoms with E-state index in [9.17, 15) is 18.0 Å². The highest BCUT2D eigenvalue weighted by Crippen LogP contribution is 2.37. The summed E-state index contributed by atoms with van der Waals surface area (Å²) < 4.78 is 52.2. The summed E-state index contributed by atoms with van der Waals surface area (Å²) >= 11 is 0. The largest absolute Gasteiger partial charge is 0.493 e. The highest BCUT2D eigenvalue weighted by Gasteiger charge is 2.31. The lowest BCUT2D eigenvalue weighted by Crippen LogP contribution is -2.33. The van der Waals surface area contributed by atoms with Gasteiger partial charge in [-0.25, -0.2) is 0 Å². The van der Waals surface area contributed by atoms with Gasteiger partial charge in [-0.2, -0.15) is 13.2 Å². The van der Waals surface area contributed by atoms with E-state index in [2.05, 4.69) is 4.90 Å². The van der Waals surface area contributed by atoms with E-state index in [0.29, 0.717) is 19.5 Å². The molecule has 1 aliphatic rings. The van der Waals surface area contributed by atoms with Gasteiger partial charge in [-0.15, -0.1) is 0 Å². The Labute approximate surface area is 167 Å². The van der Waals surface area contributed by atoms with Gasteiger partial charge in [-0.1, -0.05) is 24.3 Å². The van der Waals surface area contributed by atoms with E-state index < -0.39 is 12.8 Å². The number of alkyl halides is 3. The summed E-state index contributed by atoms with van der Waals surface area (Å²) in [5.74, 6) is -0.284. The summed E-state index contributed by atoms with van der Waals surface area (Å²) in [4.78, 5) is 14.2. The fraction of sp³-hybridized carbons (Fsp3) is 0.381. The molecule has 0 unspecified atom stereocenters. The molecular formula is C21H22F3NO4. The minimum atomic E-state index is -4.42. The first-order valence-corrected chi connectivity index (χ1v) is 9.10. The molecular weight excluding hydrogens is 387 g/mol. The van der Waals surface area contributed by atoms with Crippen molar-refractivity contribution in [3.05, 3.63) is 53.6 Å². The molecule has 2 aromatic rings. The molecule has 0 saturated heterocycles. The van der Waals surface area contributed by atoms with Crippen LogP contribution in [-0.2, 0) is 16.1 Å². The Morgan fingerprint density at radius 3 is 2.59 bits per heavy atom. The zero-order valence-corrected chi connectivity index (χ0v) is 16.2. The van der Waals surface area contributed by atoms with Gasteiger partial charge in [0, 0.05) is 18.8 Å². The quantitative estimate of drug-likeness (QED) is 0.666. The summed E-state index contributed by atoms with van der Waals surface area (Å²) in [5.41, 5.74) is 2.70. The van der Waals surface area contributed by atoms with Crippen molar-refractivity contribution in [3.8, 4) is 11.5 Å². The maximum atomic E-state index is 12.4. The van der Waals surface area contributed by atoms with Gasteiger partial charge in [0.05, 0.1) is 20.1 Å². The molecule has 0 fully saturated rings. The molecule has 0 N–H and O–H groups in total. The van der Waals surface area contributed by atoms with Gasteiger partial charge >= 0.3 is 12.1 Å². The Hall–Kier alpha value is -2.90. The number of esters is 1. The van der Waals surface area contributed by atoms with Crippen LogP contribution in [0, 0.1) is 0 Å². The van der Waals surface area contributed by atoms with Crippen LogP contribution >= 0.6 is 0 Å². The van der Waals surface area contributed by atoms with Gasteiger partial charge in [0.25, 0.3) is 0 Å². The van der Waals surface area contributed by atoms with Gasteiger partial charge in [0.1, 0.15) is 0 Å². The van der Waals surface area contributed by atoms with Gasteiger partial charge in [-0.05, 0) is 35.7 Å². The molecule has 0 amide bonds. The van der Waals surface area contributed by atoms with Crippen LogP contribution in [0.1, 0.15) is 23.5 Å². The van der Waals surface area contributed by atoms with Crippen LogP contribution in [0.3, 0.4) is 0 Å². The van der Waals surface area contributed by atoms with Crippen LogP contribution in [0.4, 0.5) is 18.9 Å². The molecule has 0 radical (unpaired) electrons. The van der Waals surface area contributed by atoms with Crippen molar-refractivity contribution in [1.82, 2.24) is 0 Å². The van der Waals surface area contributed by atoms with Crippen LogP contribution in [0.5, 0.6) is 11.5 Å². The lowest BCUT2D eigenvalue weighted by Gasteiger charge is -2.34. The summed E-state index contributed by atoms with van der Waals surface area (Å²) in [7, 11) is 2.77. The van der Waals surface area contributed by atoms with E-state index in [0.717, 1.165) is 16.8 Å². The minimum absolute atomic E-state index is 0.0402. The zero-order chi connectivity index (χ0) is 21.0. The summed E-state index contributed by atoms with van der Waals surface area (Å²) in [6.45, 7) is -0.219. The number of fused-ring (bicyclic) bond motifs is 1. The molecule has 156 valence electrons. The van der Waals surface area contributed by atoms with Gasteiger partial charge in [-0.3, -0.25) is 4.79 Å². The summed E-state index contributed by atoms with van der Waals surface area (Å²) in [5, 5.41) is 0. The number of benzene rings is 2. The number of carbonyl (C=O) groups excluding carboxylic acids is 1. The lowest BCUT2D eigenvalue weighted by atomic mass is 9.89. The Balaban J connectivity index is 1.80. The summed E-state index contributed by atoms with van der Waals surface area (Å²) in [6.07, 6.45) is -3.80. The van der Waals surface area contributed by atoms with Gasteiger partial charge in [0.2, 0.25) is 0 Å². The molecule has 29 heavy (non-hydrogen) atoms. The van der Waals surface area contributed by atoms with E-state index in [1.807, 2.05) is 24.3 Å². The Bertz CT molecular complexity index is 869. The maximum Gasteiger partial charge on any atom is 0.422 e. The molecule has 2 aromatic carbocycles. The van der Waals surface area contributed by atoms with E-state index in [4.69, 9.17) is 14.2 Å². The van der Waals surface area contributed by atoms with Crippen LogP contribution in [0.15, 0.2) is 42.5 Å². The second kappa shape index (κ2) is 8.63. The van der Waals surface area contributed by atoms with Crippen LogP contribution < -0.4 is 14.4 Å². The molecule has 5 nitrogen and oxygen atoms in total. The van der Waals surface area contributed by atoms with Crippen LogP contribution in [0.2, 0.25) is 0 Å². The van der Waals surface area contributed by atoms with E-state index >= 15 is 0 Å². The Morgan fingerprint density at radius 2 is 1.90 bits per heavy atom. The van der Waals surface area contributed by atoms with Crippen molar-refractivity contribution in [1.29, 1.82) is 0 Å². The first kappa shape index (κ1) is 20.8. The minimum Gasteiger partial charge on any atom is -0.493 e. The normalized spacial score (nSPS) is 16.2. The Morgan fingerprint density at radius 1 is 1.14 bits per heavy atom. The lowest BCUT2D eigenvalue weighted by molar-refractivity contribution is -0.153. The first-order chi connectivity index (χ1) is 13.8. The average Bonchev–Trinajstić information content (AvgIpc) is 2.71.